The van der Waals surface area contributed by atoms with Crippen LogP contribution in [0, 0.1) is 28.1 Å². The normalized spacial score (nSPS) is 46.0. The fourth-order valence-corrected chi connectivity index (χ4v) is 8.85. The number of ether oxygens (including phenoxy) is 3. The predicted octanol–water partition coefficient (Wildman–Crippen LogP) is 3.72. The quantitative estimate of drug-likeness (QED) is 0.404. The van der Waals surface area contributed by atoms with Crippen molar-refractivity contribution < 1.29 is 38.1 Å². The van der Waals surface area contributed by atoms with Crippen molar-refractivity contribution in [2.24, 2.45) is 28.1 Å². The Morgan fingerprint density at radius 2 is 2.00 bits per heavy atom. The molecule has 0 bridgehead atoms. The molecule has 1 amide bonds. The maximum Gasteiger partial charge on any atom is 0.407 e. The van der Waals surface area contributed by atoms with Crippen molar-refractivity contribution in [2.75, 3.05) is 18.9 Å². The van der Waals surface area contributed by atoms with Crippen molar-refractivity contribution in [3.8, 4) is 0 Å². The van der Waals surface area contributed by atoms with Gasteiger partial charge in [-0.25, -0.2) is 9.18 Å². The van der Waals surface area contributed by atoms with Crippen LogP contribution in [0.5, 0.6) is 0 Å². The van der Waals surface area contributed by atoms with Crippen molar-refractivity contribution in [3.63, 3.8) is 0 Å². The molecule has 10 heteroatoms. The lowest BCUT2D eigenvalue weighted by molar-refractivity contribution is -0.225. The van der Waals surface area contributed by atoms with Crippen LogP contribution in [0.1, 0.15) is 59.8 Å². The highest BCUT2D eigenvalue weighted by Gasteiger charge is 2.78. The molecule has 0 aromatic carbocycles. The zero-order chi connectivity index (χ0) is 28.4. The Labute approximate surface area is 234 Å². The molecule has 1 heterocycles. The second-order valence-electron chi connectivity index (χ2n) is 12.5. The summed E-state index contributed by atoms with van der Waals surface area (Å²) in [6.45, 7) is 7.64. The Bertz CT molecular complexity index is 1110. The number of hydrogen-bond acceptors (Lipinski definition) is 8. The third kappa shape index (κ3) is 3.91. The van der Waals surface area contributed by atoms with Gasteiger partial charge in [0, 0.05) is 28.5 Å². The summed E-state index contributed by atoms with van der Waals surface area (Å²) in [7, 11) is 0. The van der Waals surface area contributed by atoms with Crippen LogP contribution in [0.4, 0.5) is 9.18 Å². The van der Waals surface area contributed by atoms with Gasteiger partial charge in [-0.3, -0.25) is 9.59 Å². The summed E-state index contributed by atoms with van der Waals surface area (Å²) in [4.78, 5) is 38.4. The Kier molecular flexibility index (Phi) is 7.35. The Morgan fingerprint density at radius 1 is 1.26 bits per heavy atom. The molecule has 1 saturated heterocycles. The third-order valence-electron chi connectivity index (χ3n) is 10.8. The monoisotopic (exact) mass is 565 g/mol. The van der Waals surface area contributed by atoms with Crippen LogP contribution >= 0.6 is 12.6 Å². The number of alkyl halides is 1. The van der Waals surface area contributed by atoms with E-state index < -0.39 is 65.0 Å². The molecule has 4 fully saturated rings. The Hall–Kier alpha value is -1.75. The molecule has 8 nitrogen and oxygen atoms in total. The molecule has 39 heavy (non-hydrogen) atoms. The molecule has 216 valence electrons. The number of aliphatic hydroxyl groups is 1. The molecule has 0 radical (unpaired) electrons. The van der Waals surface area contributed by atoms with Crippen molar-refractivity contribution in [1.29, 1.82) is 0 Å². The van der Waals surface area contributed by atoms with E-state index in [-0.39, 0.29) is 30.5 Å². The van der Waals surface area contributed by atoms with Gasteiger partial charge in [-0.05, 0) is 55.2 Å². The predicted molar refractivity (Wildman–Crippen MR) is 144 cm³/mol. The first kappa shape index (κ1) is 28.8. The molecule has 0 aromatic rings. The number of thiol groups is 1. The number of Topliss-reactive ketones (excluding diaryl/α,β-unsaturated/α-hetero) is 1. The summed E-state index contributed by atoms with van der Waals surface area (Å²) in [6, 6.07) is 0. The lowest BCUT2D eigenvalue weighted by Crippen LogP contribution is -2.68. The summed E-state index contributed by atoms with van der Waals surface area (Å²) in [5, 5.41) is 14.5. The number of carbonyl (C=O) groups is 3. The van der Waals surface area contributed by atoms with Gasteiger partial charge < -0.3 is 24.6 Å². The molecule has 5 aliphatic rings. The zero-order valence-corrected chi connectivity index (χ0v) is 24.0. The van der Waals surface area contributed by atoms with Crippen molar-refractivity contribution in [1.82, 2.24) is 5.32 Å². The van der Waals surface area contributed by atoms with E-state index in [9.17, 15) is 19.5 Å². The molecule has 4 aliphatic carbocycles. The molecular formula is C29H40FNO7S. The number of fused-ring (bicyclic) bond motifs is 7. The number of halogens is 1. The molecule has 3 saturated carbocycles. The SMILES string of the molecule is CCCC1O[C@@H]2C[C@H]3[C@@H]4C[C@H](F)C5=CC(=O)C=C[C@]5(C)[C@@]4(C)[C@@H](O)C[C@]3(C)[C@]2(C(=O)COC(=O)NCCS)O1. The van der Waals surface area contributed by atoms with E-state index >= 15 is 4.39 Å². The second-order valence-corrected chi connectivity index (χ2v) is 12.9. The van der Waals surface area contributed by atoms with E-state index in [2.05, 4.69) is 17.9 Å². The van der Waals surface area contributed by atoms with E-state index in [1.54, 1.807) is 6.08 Å². The summed E-state index contributed by atoms with van der Waals surface area (Å²) in [5.41, 5.74) is -3.56. The van der Waals surface area contributed by atoms with Crippen LogP contribution in [-0.4, -0.2) is 71.9 Å². The Morgan fingerprint density at radius 3 is 2.69 bits per heavy atom. The van der Waals surface area contributed by atoms with E-state index in [4.69, 9.17) is 14.2 Å². The summed E-state index contributed by atoms with van der Waals surface area (Å²) in [6.07, 6.45) is 2.63. The summed E-state index contributed by atoms with van der Waals surface area (Å²) in [5.74, 6) is -0.743. The number of carbonyl (C=O) groups excluding carboxylic acids is 3. The average Bonchev–Trinajstić information content (AvgIpc) is 3.37. The first-order valence-electron chi connectivity index (χ1n) is 14.0. The second kappa shape index (κ2) is 9.96. The van der Waals surface area contributed by atoms with Crippen LogP contribution < -0.4 is 5.32 Å². The fourth-order valence-electron chi connectivity index (χ4n) is 8.74. The number of nitrogens with one attached hydrogen (secondary N) is 1. The number of rotatable bonds is 7. The van der Waals surface area contributed by atoms with Gasteiger partial charge in [-0.1, -0.05) is 40.2 Å². The number of amides is 1. The molecule has 1 aliphatic heterocycles. The summed E-state index contributed by atoms with van der Waals surface area (Å²) >= 11 is 4.07. The number of ketones is 2. The summed E-state index contributed by atoms with van der Waals surface area (Å²) < 4.78 is 34.0. The highest BCUT2D eigenvalue weighted by molar-refractivity contribution is 7.80. The van der Waals surface area contributed by atoms with Gasteiger partial charge in [0.05, 0.1) is 12.2 Å². The first-order valence-corrected chi connectivity index (χ1v) is 14.7. The van der Waals surface area contributed by atoms with E-state index in [1.807, 2.05) is 27.7 Å². The van der Waals surface area contributed by atoms with Crippen molar-refractivity contribution in [3.05, 3.63) is 23.8 Å². The minimum absolute atomic E-state index is 0.133. The number of alkyl carbamates (subject to hydrolysis) is 1. The average molecular weight is 566 g/mol. The van der Waals surface area contributed by atoms with Gasteiger partial charge in [0.15, 0.2) is 24.3 Å². The largest absolute Gasteiger partial charge is 0.441 e. The van der Waals surface area contributed by atoms with Crippen molar-refractivity contribution in [2.45, 2.75) is 90.1 Å². The van der Waals surface area contributed by atoms with Crippen LogP contribution in [0.2, 0.25) is 0 Å². The van der Waals surface area contributed by atoms with Crippen LogP contribution in [0.3, 0.4) is 0 Å². The van der Waals surface area contributed by atoms with E-state index in [1.165, 1.54) is 12.2 Å². The molecule has 5 rings (SSSR count). The standard InChI is InChI=1S/C29H40FNO7S/c1-5-6-24-37-23-13-17-18-12-20(30)19-11-16(32)7-8-26(19,2)28(18,4)21(33)14-27(17,3)29(23,38-24)22(34)15-36-25(35)31-9-10-39/h7-8,11,17-18,20-21,23-24,33,39H,5-6,9-10,12-15H2,1-4H3,(H,31,35)/t17-,18-,20-,21-,23+,24?,26-,27-,28+,29+/m0/s1. The van der Waals surface area contributed by atoms with Gasteiger partial charge in [0.2, 0.25) is 5.78 Å². The van der Waals surface area contributed by atoms with Gasteiger partial charge >= 0.3 is 6.09 Å². The molecule has 0 aromatic heterocycles. The zero-order valence-electron chi connectivity index (χ0n) is 23.1. The third-order valence-corrected chi connectivity index (χ3v) is 11.1. The fraction of sp³-hybridized carbons (Fsp3) is 0.759. The topological polar surface area (TPSA) is 111 Å². The molecule has 10 atom stereocenters. The maximum atomic E-state index is 15.9. The van der Waals surface area contributed by atoms with Gasteiger partial charge in [0.25, 0.3) is 0 Å². The molecule has 2 N–H and O–H groups in total. The molecule has 1 unspecified atom stereocenters. The molecular weight excluding hydrogens is 525 g/mol. The minimum Gasteiger partial charge on any atom is -0.441 e. The first-order chi connectivity index (χ1) is 18.4. The number of hydrogen-bond donors (Lipinski definition) is 3. The van der Waals surface area contributed by atoms with E-state index in [0.29, 0.717) is 30.7 Å². The number of aliphatic hydroxyl groups excluding tert-OH is 1. The minimum atomic E-state index is -1.44. The Balaban J connectivity index is 1.53. The van der Waals surface area contributed by atoms with Crippen LogP contribution in [0.25, 0.3) is 0 Å². The lowest BCUT2D eigenvalue weighted by Gasteiger charge is -2.66. The van der Waals surface area contributed by atoms with Gasteiger partial charge in [-0.2, -0.15) is 12.6 Å². The van der Waals surface area contributed by atoms with Gasteiger partial charge in [0.1, 0.15) is 6.17 Å². The van der Waals surface area contributed by atoms with E-state index in [0.717, 1.165) is 6.42 Å². The van der Waals surface area contributed by atoms with Gasteiger partial charge in [-0.15, -0.1) is 0 Å². The highest BCUT2D eigenvalue weighted by Crippen LogP contribution is 2.73. The lowest BCUT2D eigenvalue weighted by atomic mass is 9.39. The highest BCUT2D eigenvalue weighted by atomic mass is 32.1. The van der Waals surface area contributed by atoms with Crippen molar-refractivity contribution >= 4 is 30.3 Å². The maximum absolute atomic E-state index is 15.9. The smallest absolute Gasteiger partial charge is 0.407 e. The number of allylic oxidation sites excluding steroid dienone is 4. The molecule has 0 spiro atoms. The van der Waals surface area contributed by atoms with Crippen LogP contribution in [-0.2, 0) is 23.8 Å². The van der Waals surface area contributed by atoms with Crippen LogP contribution in [0.15, 0.2) is 23.8 Å².